The van der Waals surface area contributed by atoms with Gasteiger partial charge in [-0.25, -0.2) is 34.9 Å². The van der Waals surface area contributed by atoms with Crippen LogP contribution in [0.2, 0.25) is 0 Å². The number of fused-ring (bicyclic) bond motifs is 14. The molecule has 0 unspecified atom stereocenters. The highest BCUT2D eigenvalue weighted by molar-refractivity contribution is 7.15. The van der Waals surface area contributed by atoms with Crippen LogP contribution in [0.3, 0.4) is 0 Å². The number of rotatable bonds is 14. The van der Waals surface area contributed by atoms with Gasteiger partial charge in [-0.2, -0.15) is 5.11 Å². The van der Waals surface area contributed by atoms with E-state index in [9.17, 15) is 38.7 Å². The first-order valence-corrected chi connectivity index (χ1v) is 37.2. The average molecular weight is 1430 g/mol. The predicted molar refractivity (Wildman–Crippen MR) is 371 cm³/mol. The first-order valence-electron chi connectivity index (χ1n) is 32.1. The third-order valence-electron chi connectivity index (χ3n) is 17.5. The van der Waals surface area contributed by atoms with Crippen molar-refractivity contribution in [2.45, 2.75) is 96.6 Å². The van der Waals surface area contributed by atoms with E-state index in [1.54, 1.807) is 64.8 Å². The molecule has 0 radical (unpaired) electrons. The lowest BCUT2D eigenvalue weighted by atomic mass is 9.81. The molecule has 6 N–H and O–H groups in total. The zero-order valence-electron chi connectivity index (χ0n) is 53.9. The molecule has 10 bridgehead atoms. The fraction of sp³-hybridized carbons (Fsp3) is 0.446. The highest BCUT2D eigenvalue weighted by Gasteiger charge is 2.36. The number of carbonyl (C=O) groups is 7. The maximum Gasteiger partial charge on any atom is 0.314 e. The SMILES string of the molecule is CNC(=O)C[C@@H]1N=NC(=O)c2csc(n2)-c2ccc(-c3nc(NC(=O)[C@H]4CC[C@H](C(=O)N5CCN(CCN6CCCC6)CC5)CC4)cs3)nc2-c2csc(n2)-c2csc(n2)[C@H]([C@@H](O)c2ccccc2)NC(=O)CNC(=O)c2nc(sc2COC)[C@H](C(C)C)NC(=O)c2nc1sc2C. The summed E-state index contributed by atoms with van der Waals surface area (Å²) in [5.74, 6) is -3.32. The van der Waals surface area contributed by atoms with Crippen molar-refractivity contribution in [1.82, 2.24) is 70.9 Å². The number of azo groups is 1. The second kappa shape index (κ2) is 31.3. The Bertz CT molecular complexity index is 4200. The number of amides is 7. The van der Waals surface area contributed by atoms with Gasteiger partial charge >= 0.3 is 5.91 Å². The van der Waals surface area contributed by atoms with Crippen LogP contribution in [0.4, 0.5) is 5.82 Å². The maximum atomic E-state index is 14.3. The summed E-state index contributed by atoms with van der Waals surface area (Å²) in [5.41, 5.74) is 2.68. The number of nitrogens with one attached hydrogen (secondary N) is 5. The quantitative estimate of drug-likeness (QED) is 0.0590. The Hall–Kier alpha value is -7.92. The molecular weight excluding hydrogens is 1360 g/mol. The van der Waals surface area contributed by atoms with Crippen molar-refractivity contribution in [3.8, 4) is 43.4 Å². The molecule has 508 valence electrons. The zero-order valence-corrected chi connectivity index (χ0v) is 58.8. The topological polar surface area (TPSA) is 334 Å². The number of benzene rings is 1. The Morgan fingerprint density at radius 1 is 0.670 bits per heavy atom. The second-order valence-corrected chi connectivity index (χ2v) is 30.3. The van der Waals surface area contributed by atoms with Crippen LogP contribution in [0.25, 0.3) is 43.4 Å². The first kappa shape index (κ1) is 69.0. The number of aryl methyl sites for hydroxylation is 1. The van der Waals surface area contributed by atoms with Crippen molar-refractivity contribution >= 4 is 115 Å². The monoisotopic (exact) mass is 1430 g/mol. The van der Waals surface area contributed by atoms with Crippen molar-refractivity contribution < 1.29 is 43.4 Å². The molecule has 8 aromatic rings. The molecule has 7 aromatic heterocycles. The molecule has 7 amide bonds. The molecule has 1 aliphatic carbocycles. The van der Waals surface area contributed by atoms with Gasteiger partial charge in [-0.05, 0) is 82.2 Å². The number of hydrogen-bond acceptors (Lipinski definition) is 25. The van der Waals surface area contributed by atoms with Crippen molar-refractivity contribution in [3.05, 3.63) is 111 Å². The van der Waals surface area contributed by atoms with Crippen molar-refractivity contribution in [3.63, 3.8) is 0 Å². The van der Waals surface area contributed by atoms with Crippen molar-refractivity contribution in [2.75, 3.05) is 78.4 Å². The third kappa shape index (κ3) is 16.3. The van der Waals surface area contributed by atoms with E-state index in [4.69, 9.17) is 34.6 Å². The average Bonchev–Trinajstić information content (AvgIpc) is 1.68. The highest BCUT2D eigenvalue weighted by atomic mass is 32.1. The predicted octanol–water partition coefficient (Wildman–Crippen LogP) is 9.16. The van der Waals surface area contributed by atoms with Crippen LogP contribution in [0, 0.1) is 24.7 Å². The van der Waals surface area contributed by atoms with Gasteiger partial charge in [-0.3, -0.25) is 38.5 Å². The van der Waals surface area contributed by atoms with Crippen LogP contribution in [0.1, 0.15) is 145 Å². The molecule has 32 heteroatoms. The minimum atomic E-state index is -1.28. The van der Waals surface area contributed by atoms with Crippen molar-refractivity contribution in [1.29, 1.82) is 0 Å². The minimum absolute atomic E-state index is 0.00268. The summed E-state index contributed by atoms with van der Waals surface area (Å²) in [4.78, 5) is 139. The number of aliphatic hydroxyl groups excluding tert-OH is 1. The second-order valence-electron chi connectivity index (χ2n) is 24.4. The lowest BCUT2D eigenvalue weighted by Crippen LogP contribution is -2.51. The normalized spacial score (nSPS) is 20.4. The Kier molecular flexibility index (Phi) is 22.3. The van der Waals surface area contributed by atoms with Crippen LogP contribution in [0.5, 0.6) is 0 Å². The number of pyridine rings is 1. The van der Waals surface area contributed by atoms with Gasteiger partial charge in [0.25, 0.3) is 11.8 Å². The van der Waals surface area contributed by atoms with Gasteiger partial charge in [0, 0.05) is 97.2 Å². The molecule has 3 aliphatic heterocycles. The van der Waals surface area contributed by atoms with Gasteiger partial charge < -0.3 is 46.2 Å². The molecule has 3 fully saturated rings. The van der Waals surface area contributed by atoms with Crippen molar-refractivity contribution in [2.24, 2.45) is 28.0 Å². The van der Waals surface area contributed by atoms with Gasteiger partial charge in [0.15, 0.2) is 0 Å². The Labute approximate surface area is 583 Å². The largest absolute Gasteiger partial charge is 0.386 e. The molecule has 1 saturated carbocycles. The molecule has 97 heavy (non-hydrogen) atoms. The van der Waals surface area contributed by atoms with E-state index in [0.717, 1.165) is 61.9 Å². The van der Waals surface area contributed by atoms with Gasteiger partial charge in [-0.15, -0.1) is 73.1 Å². The number of nitrogens with zero attached hydrogens (tertiary/aromatic N) is 12. The lowest BCUT2D eigenvalue weighted by Gasteiger charge is -2.38. The van der Waals surface area contributed by atoms with Crippen LogP contribution in [-0.2, 0) is 30.5 Å². The number of carbonyl (C=O) groups excluding carboxylic acids is 7. The molecule has 4 aliphatic rings. The standard InChI is InChI=1S/C65H73N17O9S6/c1-34(2)49-64-77-52(45(97-64)29-91-5)57(88)67-28-48(84)74-53(54(85)36-11-7-6-8-12-36)63-71-44(32-94-63)61-69-42(30-93-61)51-39(59-70-43(31-92-59)56(87)79-78-41(27-47(83)66-4)62-76-50(35(3)96-62)58(89)75-49)17-18-40(68-51)60-73-46(33-95-60)72-55(86)37-13-15-38(16-14-37)65(90)82-25-23-81(24-26-82)22-21-80-19-9-10-20-80/h6-8,11-12,17-18,30-34,37-38,41,49,53-54,85H,9-10,13-16,19-29H2,1-5H3,(H,66,83)(H,67,88)(H,72,86)(H,74,84)(H,75,89)/t37-,38-,41-,49-,53-,54-/m0/s1. The van der Waals surface area contributed by atoms with Gasteiger partial charge in [-0.1, -0.05) is 44.2 Å². The van der Waals surface area contributed by atoms with E-state index in [-0.39, 0.29) is 64.7 Å². The molecule has 12 rings (SSSR count). The number of hydrogen-bond donors (Lipinski definition) is 6. The number of piperazine rings is 1. The molecule has 26 nitrogen and oxygen atoms in total. The molecule has 1 aromatic carbocycles. The summed E-state index contributed by atoms with van der Waals surface area (Å²) in [7, 11) is 2.94. The number of methoxy groups -OCH3 is 1. The number of ether oxygens (including phenoxy) is 1. The summed E-state index contributed by atoms with van der Waals surface area (Å²) in [6.07, 6.45) is 3.50. The lowest BCUT2D eigenvalue weighted by molar-refractivity contribution is -0.139. The minimum Gasteiger partial charge on any atom is -0.386 e. The molecule has 4 atom stereocenters. The molecule has 10 heterocycles. The molecular formula is C65H73N17O9S6. The molecule has 0 spiro atoms. The number of thiazole rings is 6. The van der Waals surface area contributed by atoms with E-state index in [0.29, 0.717) is 100 Å². The number of likely N-dealkylation sites (tertiary alicyclic amines) is 1. The van der Waals surface area contributed by atoms with Gasteiger partial charge in [0.1, 0.15) is 88.2 Å². The van der Waals surface area contributed by atoms with Crippen LogP contribution < -0.4 is 26.6 Å². The summed E-state index contributed by atoms with van der Waals surface area (Å²) < 4.78 is 5.47. The Morgan fingerprint density at radius 3 is 2.09 bits per heavy atom. The zero-order chi connectivity index (χ0) is 67.9. The summed E-state index contributed by atoms with van der Waals surface area (Å²) in [6.45, 7) is 12.7. The van der Waals surface area contributed by atoms with E-state index in [1.165, 1.54) is 85.4 Å². The summed E-state index contributed by atoms with van der Waals surface area (Å²) in [5, 5.41) is 43.9. The first-order chi connectivity index (χ1) is 47.0. The van der Waals surface area contributed by atoms with E-state index in [1.807, 2.05) is 24.8 Å². The third-order valence-corrected chi connectivity index (χ3v) is 23.2. The van der Waals surface area contributed by atoms with Gasteiger partial charge in [0.2, 0.25) is 23.6 Å². The van der Waals surface area contributed by atoms with E-state index >= 15 is 0 Å². The fourth-order valence-corrected chi connectivity index (χ4v) is 17.6. The number of aliphatic hydroxyl groups is 1. The summed E-state index contributed by atoms with van der Waals surface area (Å²) >= 11 is 7.22. The van der Waals surface area contributed by atoms with E-state index < -0.39 is 60.3 Å². The highest BCUT2D eigenvalue weighted by Crippen LogP contribution is 2.41. The smallest absolute Gasteiger partial charge is 0.314 e. The van der Waals surface area contributed by atoms with E-state index in [2.05, 4.69) is 51.6 Å². The van der Waals surface area contributed by atoms with Crippen LogP contribution >= 0.6 is 68.0 Å². The number of anilines is 1. The summed E-state index contributed by atoms with van der Waals surface area (Å²) in [6, 6.07) is 9.49. The Balaban J connectivity index is 0.826. The van der Waals surface area contributed by atoms with Crippen LogP contribution in [-0.4, -0.2) is 169 Å². The molecule has 2 saturated heterocycles. The van der Waals surface area contributed by atoms with Crippen LogP contribution in [0.15, 0.2) is 74.2 Å². The maximum absolute atomic E-state index is 14.3. The number of aromatic nitrogens is 7. The Morgan fingerprint density at radius 2 is 1.35 bits per heavy atom. The van der Waals surface area contributed by atoms with Gasteiger partial charge in [0.05, 0.1) is 36.2 Å². The fourth-order valence-electron chi connectivity index (χ4n) is 12.1.